The zero-order valence-electron chi connectivity index (χ0n) is 19.5. The summed E-state index contributed by atoms with van der Waals surface area (Å²) in [6.45, 7) is 3.75. The van der Waals surface area contributed by atoms with Crippen LogP contribution in [0.2, 0.25) is 0 Å². The maximum Gasteiger partial charge on any atom is 0.257 e. The molecule has 1 fully saturated rings. The van der Waals surface area contributed by atoms with E-state index in [2.05, 4.69) is 20.4 Å². The third kappa shape index (κ3) is 5.39. The highest BCUT2D eigenvalue weighted by Crippen LogP contribution is 2.34. The van der Waals surface area contributed by atoms with E-state index < -0.39 is 15.7 Å². The van der Waals surface area contributed by atoms with E-state index in [1.807, 2.05) is 19.2 Å². The molecule has 0 radical (unpaired) electrons. The highest BCUT2D eigenvalue weighted by molar-refractivity contribution is 7.92. The molecule has 12 heteroatoms. The molecule has 186 valence electrons. The Kier molecular flexibility index (Phi) is 6.46. The number of carbonyl (C=O) groups excluding carboxylic acids is 1. The van der Waals surface area contributed by atoms with E-state index in [1.54, 1.807) is 47.4 Å². The smallest absolute Gasteiger partial charge is 0.257 e. The number of nitrogens with zero attached hydrogens (tertiary/aromatic N) is 4. The largest absolute Gasteiger partial charge is 0.491 e. The van der Waals surface area contributed by atoms with E-state index in [4.69, 9.17) is 9.47 Å². The lowest BCUT2D eigenvalue weighted by molar-refractivity contribution is 0.102. The molecule has 3 aromatic heterocycles. The minimum absolute atomic E-state index is 0.0338. The van der Waals surface area contributed by atoms with E-state index in [9.17, 15) is 13.2 Å². The van der Waals surface area contributed by atoms with Crippen LogP contribution in [-0.2, 0) is 9.84 Å². The topological polar surface area (TPSA) is 125 Å². The third-order valence-electron chi connectivity index (χ3n) is 5.16. The molecule has 0 bridgehead atoms. The highest BCUT2D eigenvalue weighted by Gasteiger charge is 2.37. The van der Waals surface area contributed by atoms with Gasteiger partial charge in [-0.15, -0.1) is 16.4 Å². The number of rotatable bonds is 9. The Morgan fingerprint density at radius 2 is 1.92 bits per heavy atom. The number of sulfone groups is 1. The molecule has 36 heavy (non-hydrogen) atoms. The summed E-state index contributed by atoms with van der Waals surface area (Å²) in [5.41, 5.74) is 0.299. The van der Waals surface area contributed by atoms with Crippen molar-refractivity contribution in [1.82, 2.24) is 19.7 Å². The highest BCUT2D eigenvalue weighted by atomic mass is 32.2. The third-order valence-corrected chi connectivity index (χ3v) is 8.09. The van der Waals surface area contributed by atoms with Gasteiger partial charge in [-0.1, -0.05) is 0 Å². The van der Waals surface area contributed by atoms with Gasteiger partial charge in [0.05, 0.1) is 17.6 Å². The predicted molar refractivity (Wildman–Crippen MR) is 134 cm³/mol. The van der Waals surface area contributed by atoms with Crippen molar-refractivity contribution < 1.29 is 22.7 Å². The number of amides is 1. The Labute approximate surface area is 211 Å². The van der Waals surface area contributed by atoms with Gasteiger partial charge >= 0.3 is 0 Å². The molecule has 3 heterocycles. The summed E-state index contributed by atoms with van der Waals surface area (Å²) in [7, 11) is -3.39. The number of ether oxygens (including phenoxy) is 2. The summed E-state index contributed by atoms with van der Waals surface area (Å²) in [5, 5.41) is 9.32. The van der Waals surface area contributed by atoms with Crippen molar-refractivity contribution in [3.8, 4) is 22.4 Å². The van der Waals surface area contributed by atoms with E-state index in [-0.39, 0.29) is 16.4 Å². The Morgan fingerprint density at radius 1 is 1.11 bits per heavy atom. The van der Waals surface area contributed by atoms with Crippen molar-refractivity contribution >= 4 is 32.9 Å². The van der Waals surface area contributed by atoms with Crippen LogP contribution in [0.4, 0.5) is 5.82 Å². The fourth-order valence-electron chi connectivity index (χ4n) is 3.40. The number of hydrogen-bond donors (Lipinski definition) is 1. The minimum atomic E-state index is -3.39. The number of anilines is 1. The van der Waals surface area contributed by atoms with Gasteiger partial charge in [0.2, 0.25) is 5.13 Å². The molecule has 1 aliphatic rings. The molecule has 4 aromatic rings. The number of pyridine rings is 1. The Morgan fingerprint density at radius 3 is 2.58 bits per heavy atom. The van der Waals surface area contributed by atoms with Gasteiger partial charge in [0.15, 0.2) is 20.7 Å². The summed E-state index contributed by atoms with van der Waals surface area (Å²) >= 11 is 1.43. The first-order valence-electron chi connectivity index (χ1n) is 11.2. The molecule has 1 N–H and O–H groups in total. The second kappa shape index (κ2) is 9.70. The predicted octanol–water partition coefficient (Wildman–Crippen LogP) is 4.49. The second-order valence-electron chi connectivity index (χ2n) is 8.45. The summed E-state index contributed by atoms with van der Waals surface area (Å²) < 4.78 is 38.0. The molecule has 1 saturated carbocycles. The standard InChI is InChI=1S/C24H23N5O5S2/c1-15(2)33-18-11-16(23(30)27-21-7-9-29(28-21)24-25-8-10-35-24)12-19(13-18)34-17-3-6-22(26-14-17)36(31,32)20-4-5-20/h3,6-15,20H,4-5H2,1-2H3,(H,27,28,30). The van der Waals surface area contributed by atoms with Gasteiger partial charge in [-0.3, -0.25) is 4.79 Å². The normalized spacial score (nSPS) is 13.5. The van der Waals surface area contributed by atoms with E-state index in [1.165, 1.54) is 23.6 Å². The van der Waals surface area contributed by atoms with Crippen molar-refractivity contribution in [3.05, 3.63) is 65.9 Å². The molecule has 1 amide bonds. The summed E-state index contributed by atoms with van der Waals surface area (Å²) in [4.78, 5) is 21.3. The van der Waals surface area contributed by atoms with E-state index in [0.29, 0.717) is 46.6 Å². The first-order chi connectivity index (χ1) is 17.3. The number of benzene rings is 1. The molecule has 0 spiro atoms. The van der Waals surface area contributed by atoms with Crippen LogP contribution in [0.5, 0.6) is 17.2 Å². The van der Waals surface area contributed by atoms with Crippen LogP contribution in [0.1, 0.15) is 37.0 Å². The number of nitrogens with one attached hydrogen (secondary N) is 1. The molecule has 5 rings (SSSR count). The van der Waals surface area contributed by atoms with Crippen LogP contribution in [0, 0.1) is 0 Å². The van der Waals surface area contributed by atoms with Crippen LogP contribution in [0.3, 0.4) is 0 Å². The zero-order chi connectivity index (χ0) is 25.3. The van der Waals surface area contributed by atoms with E-state index >= 15 is 0 Å². The van der Waals surface area contributed by atoms with Gasteiger partial charge in [-0.25, -0.2) is 23.1 Å². The second-order valence-corrected chi connectivity index (χ2v) is 11.5. The summed E-state index contributed by atoms with van der Waals surface area (Å²) in [6, 6.07) is 9.49. The zero-order valence-corrected chi connectivity index (χ0v) is 21.1. The average Bonchev–Trinajstić information content (AvgIpc) is 3.37. The molecule has 0 aliphatic heterocycles. The number of hydrogen-bond acceptors (Lipinski definition) is 9. The first kappa shape index (κ1) is 23.9. The van der Waals surface area contributed by atoms with Gasteiger partial charge in [0, 0.05) is 35.5 Å². The fourth-order valence-corrected chi connectivity index (χ4v) is 5.53. The minimum Gasteiger partial charge on any atom is -0.491 e. The van der Waals surface area contributed by atoms with Crippen molar-refractivity contribution in [2.75, 3.05) is 5.32 Å². The molecule has 0 saturated heterocycles. The quantitative estimate of drug-likeness (QED) is 0.339. The van der Waals surface area contributed by atoms with Crippen molar-refractivity contribution in [3.63, 3.8) is 0 Å². The molecular formula is C24H23N5O5S2. The Bertz CT molecular complexity index is 1480. The maximum atomic E-state index is 13.0. The van der Waals surface area contributed by atoms with Crippen LogP contribution in [0.25, 0.3) is 5.13 Å². The van der Waals surface area contributed by atoms with Gasteiger partial charge in [0.1, 0.15) is 17.2 Å². The Hall–Kier alpha value is -3.77. The van der Waals surface area contributed by atoms with Gasteiger partial charge in [-0.05, 0) is 51.0 Å². The monoisotopic (exact) mass is 525 g/mol. The van der Waals surface area contributed by atoms with Gasteiger partial charge in [-0.2, -0.15) is 0 Å². The Balaban J connectivity index is 1.35. The van der Waals surface area contributed by atoms with Crippen LogP contribution in [0.15, 0.2) is 65.4 Å². The van der Waals surface area contributed by atoms with Crippen LogP contribution >= 0.6 is 11.3 Å². The lowest BCUT2D eigenvalue weighted by Crippen LogP contribution is -2.14. The molecule has 1 aliphatic carbocycles. The van der Waals surface area contributed by atoms with Crippen molar-refractivity contribution in [2.24, 2.45) is 0 Å². The molecule has 0 unspecified atom stereocenters. The van der Waals surface area contributed by atoms with Crippen molar-refractivity contribution in [2.45, 2.75) is 43.1 Å². The number of aromatic nitrogens is 4. The maximum absolute atomic E-state index is 13.0. The SMILES string of the molecule is CC(C)Oc1cc(Oc2ccc(S(=O)(=O)C3CC3)nc2)cc(C(=O)Nc2ccn(-c3nccs3)n2)c1. The summed E-state index contributed by atoms with van der Waals surface area (Å²) in [6.07, 6.45) is 5.95. The van der Waals surface area contributed by atoms with E-state index in [0.717, 1.165) is 0 Å². The lowest BCUT2D eigenvalue weighted by atomic mass is 10.2. The van der Waals surface area contributed by atoms with Crippen molar-refractivity contribution in [1.29, 1.82) is 0 Å². The fraction of sp³-hybridized carbons (Fsp3) is 0.250. The van der Waals surface area contributed by atoms with Gasteiger partial charge in [0.25, 0.3) is 5.91 Å². The summed E-state index contributed by atoms with van der Waals surface area (Å²) in [5.74, 6) is 1.08. The average molecular weight is 526 g/mol. The van der Waals surface area contributed by atoms with Gasteiger partial charge < -0.3 is 14.8 Å². The molecule has 10 nitrogen and oxygen atoms in total. The number of thiazole rings is 1. The lowest BCUT2D eigenvalue weighted by Gasteiger charge is -2.14. The molecule has 0 atom stereocenters. The number of carbonyl (C=O) groups is 1. The van der Waals surface area contributed by atoms with Crippen LogP contribution in [-0.4, -0.2) is 45.4 Å². The first-order valence-corrected chi connectivity index (χ1v) is 13.7. The molecule has 1 aromatic carbocycles. The molecular weight excluding hydrogens is 502 g/mol. The van der Waals surface area contributed by atoms with Crippen LogP contribution < -0.4 is 14.8 Å².